The maximum absolute atomic E-state index is 6.12. The fraction of sp³-hybridized carbons (Fsp3) is 0.643. The van der Waals surface area contributed by atoms with Gasteiger partial charge in [0, 0.05) is 32.7 Å². The summed E-state index contributed by atoms with van der Waals surface area (Å²) in [6.45, 7) is 7.22. The number of methoxy groups -OCH3 is 1. The van der Waals surface area contributed by atoms with Crippen molar-refractivity contribution in [1.29, 1.82) is 0 Å². The average molecular weight is 287 g/mol. The van der Waals surface area contributed by atoms with Crippen LogP contribution in [0.25, 0.3) is 0 Å². The minimum Gasteiger partial charge on any atom is -0.478 e. The number of pyridine rings is 1. The molecule has 0 atom stereocenters. The highest BCUT2D eigenvalue weighted by atomic mass is 35.5. The van der Waals surface area contributed by atoms with Crippen LogP contribution >= 0.6 is 11.6 Å². The smallest absolute Gasteiger partial charge is 0.213 e. The first-order valence-electron chi connectivity index (χ1n) is 6.61. The quantitative estimate of drug-likeness (QED) is 0.709. The molecule has 0 aliphatic heterocycles. The summed E-state index contributed by atoms with van der Waals surface area (Å²) < 4.78 is 10.5. The molecule has 0 saturated heterocycles. The Morgan fingerprint density at radius 1 is 1.32 bits per heavy atom. The number of hydrogen-bond donors (Lipinski definition) is 1. The van der Waals surface area contributed by atoms with Crippen molar-refractivity contribution >= 4 is 11.6 Å². The molecule has 0 saturated carbocycles. The van der Waals surface area contributed by atoms with Crippen molar-refractivity contribution in [2.75, 3.05) is 26.9 Å². The lowest BCUT2D eigenvalue weighted by Crippen LogP contribution is -2.20. The first-order chi connectivity index (χ1) is 9.13. The number of ether oxygens (including phenoxy) is 2. The average Bonchev–Trinajstić information content (AvgIpc) is 2.37. The third kappa shape index (κ3) is 6.76. The summed E-state index contributed by atoms with van der Waals surface area (Å²) >= 11 is 6.12. The molecule has 0 amide bonds. The molecule has 0 aromatic carbocycles. The molecule has 1 heterocycles. The number of nitrogens with one attached hydrogen (secondary N) is 1. The Kier molecular flexibility index (Phi) is 7.79. The van der Waals surface area contributed by atoms with Gasteiger partial charge in [0.1, 0.15) is 0 Å². The van der Waals surface area contributed by atoms with Crippen molar-refractivity contribution in [3.05, 3.63) is 22.8 Å². The van der Waals surface area contributed by atoms with Crippen LogP contribution in [0.3, 0.4) is 0 Å². The lowest BCUT2D eigenvalue weighted by atomic mass is 10.2. The van der Waals surface area contributed by atoms with E-state index in [-0.39, 0.29) is 0 Å². The van der Waals surface area contributed by atoms with E-state index >= 15 is 0 Å². The highest BCUT2D eigenvalue weighted by Gasteiger charge is 2.05. The molecule has 19 heavy (non-hydrogen) atoms. The predicted octanol–water partition coefficient (Wildman–Crippen LogP) is 2.90. The van der Waals surface area contributed by atoms with Gasteiger partial charge < -0.3 is 14.8 Å². The molecular formula is C14H23ClN2O2. The van der Waals surface area contributed by atoms with Crippen molar-refractivity contribution in [2.24, 2.45) is 5.92 Å². The van der Waals surface area contributed by atoms with Crippen LogP contribution in [-0.4, -0.2) is 31.9 Å². The van der Waals surface area contributed by atoms with E-state index in [0.717, 1.165) is 18.7 Å². The molecule has 1 aromatic heterocycles. The summed E-state index contributed by atoms with van der Waals surface area (Å²) in [5, 5.41) is 3.99. The Morgan fingerprint density at radius 3 is 2.79 bits per heavy atom. The third-order valence-corrected chi connectivity index (χ3v) is 2.82. The summed E-state index contributed by atoms with van der Waals surface area (Å²) in [6.07, 6.45) is 0.849. The Morgan fingerprint density at radius 2 is 2.11 bits per heavy atom. The maximum atomic E-state index is 6.12. The third-order valence-electron chi connectivity index (χ3n) is 2.48. The second-order valence-electron chi connectivity index (χ2n) is 4.80. The zero-order valence-corrected chi connectivity index (χ0v) is 12.7. The molecular weight excluding hydrogens is 264 g/mol. The second-order valence-corrected chi connectivity index (χ2v) is 5.20. The summed E-state index contributed by atoms with van der Waals surface area (Å²) in [7, 11) is 1.68. The van der Waals surface area contributed by atoms with Crippen LogP contribution in [0.5, 0.6) is 5.88 Å². The normalized spacial score (nSPS) is 11.0. The Bertz CT molecular complexity index is 372. The van der Waals surface area contributed by atoms with Crippen molar-refractivity contribution in [3.8, 4) is 5.88 Å². The fourth-order valence-electron chi connectivity index (χ4n) is 1.53. The Balaban J connectivity index is 2.46. The van der Waals surface area contributed by atoms with E-state index in [1.807, 2.05) is 6.07 Å². The largest absolute Gasteiger partial charge is 0.478 e. The Labute approximate surface area is 120 Å². The van der Waals surface area contributed by atoms with Crippen molar-refractivity contribution in [1.82, 2.24) is 10.3 Å². The lowest BCUT2D eigenvalue weighted by Gasteiger charge is -2.10. The van der Waals surface area contributed by atoms with Gasteiger partial charge in [0.25, 0.3) is 0 Å². The van der Waals surface area contributed by atoms with Crippen molar-refractivity contribution in [2.45, 2.75) is 26.8 Å². The molecule has 0 radical (unpaired) electrons. The van der Waals surface area contributed by atoms with E-state index in [4.69, 9.17) is 21.1 Å². The predicted molar refractivity (Wildman–Crippen MR) is 77.8 cm³/mol. The second kappa shape index (κ2) is 9.13. The van der Waals surface area contributed by atoms with Crippen LogP contribution < -0.4 is 10.1 Å². The van der Waals surface area contributed by atoms with Gasteiger partial charge in [-0.15, -0.1) is 0 Å². The summed E-state index contributed by atoms with van der Waals surface area (Å²) in [6, 6.07) is 3.62. The molecule has 108 valence electrons. The maximum Gasteiger partial charge on any atom is 0.213 e. The van der Waals surface area contributed by atoms with Gasteiger partial charge in [0.15, 0.2) is 0 Å². The first kappa shape index (κ1) is 16.2. The molecule has 4 nitrogen and oxygen atoms in total. The lowest BCUT2D eigenvalue weighted by molar-refractivity contribution is 0.170. The Hall–Kier alpha value is -0.840. The van der Waals surface area contributed by atoms with E-state index in [1.165, 1.54) is 0 Å². The van der Waals surface area contributed by atoms with Crippen LogP contribution in [0.1, 0.15) is 26.0 Å². The molecule has 0 spiro atoms. The van der Waals surface area contributed by atoms with Gasteiger partial charge in [0.2, 0.25) is 5.88 Å². The van der Waals surface area contributed by atoms with E-state index in [2.05, 4.69) is 24.1 Å². The van der Waals surface area contributed by atoms with E-state index in [9.17, 15) is 0 Å². The minimum absolute atomic E-state index is 0.599. The van der Waals surface area contributed by atoms with Crippen molar-refractivity contribution in [3.63, 3.8) is 0 Å². The zero-order chi connectivity index (χ0) is 14.1. The SMILES string of the molecule is COCCCOc1ccc(Cl)c(CNCC(C)C)n1. The number of aromatic nitrogens is 1. The summed E-state index contributed by atoms with van der Waals surface area (Å²) in [4.78, 5) is 4.41. The van der Waals surface area contributed by atoms with Gasteiger partial charge in [-0.25, -0.2) is 4.98 Å². The molecule has 0 bridgehead atoms. The van der Waals surface area contributed by atoms with Crippen LogP contribution in [0.2, 0.25) is 5.02 Å². The van der Waals surface area contributed by atoms with E-state index < -0.39 is 0 Å². The zero-order valence-electron chi connectivity index (χ0n) is 11.9. The first-order valence-corrected chi connectivity index (χ1v) is 6.99. The molecule has 1 rings (SSSR count). The molecule has 0 aliphatic carbocycles. The number of halogens is 1. The van der Waals surface area contributed by atoms with Gasteiger partial charge >= 0.3 is 0 Å². The van der Waals surface area contributed by atoms with Crippen LogP contribution in [-0.2, 0) is 11.3 Å². The van der Waals surface area contributed by atoms with Gasteiger partial charge in [-0.2, -0.15) is 0 Å². The molecule has 0 unspecified atom stereocenters. The van der Waals surface area contributed by atoms with Gasteiger partial charge in [-0.3, -0.25) is 0 Å². The number of nitrogens with zero attached hydrogens (tertiary/aromatic N) is 1. The van der Waals surface area contributed by atoms with Crippen LogP contribution in [0.15, 0.2) is 12.1 Å². The minimum atomic E-state index is 0.599. The summed E-state index contributed by atoms with van der Waals surface area (Å²) in [5.41, 5.74) is 0.826. The number of rotatable bonds is 9. The van der Waals surface area contributed by atoms with Crippen molar-refractivity contribution < 1.29 is 9.47 Å². The number of hydrogen-bond acceptors (Lipinski definition) is 4. The topological polar surface area (TPSA) is 43.4 Å². The van der Waals surface area contributed by atoms with Crippen LogP contribution in [0.4, 0.5) is 0 Å². The van der Waals surface area contributed by atoms with Gasteiger partial charge in [-0.05, 0) is 18.5 Å². The highest BCUT2D eigenvalue weighted by Crippen LogP contribution is 2.18. The summed E-state index contributed by atoms with van der Waals surface area (Å²) in [5.74, 6) is 1.22. The fourth-order valence-corrected chi connectivity index (χ4v) is 1.70. The van der Waals surface area contributed by atoms with Gasteiger partial charge in [0.05, 0.1) is 17.3 Å². The molecule has 0 fully saturated rings. The molecule has 0 aliphatic rings. The highest BCUT2D eigenvalue weighted by molar-refractivity contribution is 6.31. The van der Waals surface area contributed by atoms with Gasteiger partial charge in [-0.1, -0.05) is 25.4 Å². The van der Waals surface area contributed by atoms with E-state index in [1.54, 1.807) is 13.2 Å². The standard InChI is InChI=1S/C14H23ClN2O2/c1-11(2)9-16-10-13-12(15)5-6-14(17-13)19-8-4-7-18-3/h5-6,11,16H,4,7-10H2,1-3H3. The monoisotopic (exact) mass is 286 g/mol. The molecule has 1 N–H and O–H groups in total. The van der Waals surface area contributed by atoms with Crippen LogP contribution in [0, 0.1) is 5.92 Å². The van der Waals surface area contributed by atoms with E-state index in [0.29, 0.717) is 36.6 Å². The molecule has 5 heteroatoms. The molecule has 1 aromatic rings.